The van der Waals surface area contributed by atoms with E-state index in [2.05, 4.69) is 6.92 Å². The van der Waals surface area contributed by atoms with Crippen LogP contribution in [0.3, 0.4) is 0 Å². The topological polar surface area (TPSA) is 197 Å². The molecule has 0 amide bonds. The second-order valence-corrected chi connectivity index (χ2v) is 12.2. The highest BCUT2D eigenvalue weighted by Crippen LogP contribution is 2.29. The number of rotatable bonds is 26. The van der Waals surface area contributed by atoms with E-state index in [1.807, 2.05) is 0 Å². The number of unbranched alkanes of at least 4 members (excludes halogenated alkanes) is 13. The van der Waals surface area contributed by atoms with Crippen molar-refractivity contribution in [2.24, 2.45) is 0 Å². The SMILES string of the molecule is CCCCCCCCCCCCCCCCOCCOCC1OC(O)C(O)C(O)C1OC1OC(COCCO)C(O)C(O)C1O. The average Bonchev–Trinajstić information content (AvgIpc) is 3.03. The van der Waals surface area contributed by atoms with Crippen molar-refractivity contribution >= 4 is 0 Å². The Bertz CT molecular complexity index is 704. The molecule has 268 valence electrons. The molecule has 45 heavy (non-hydrogen) atoms. The Morgan fingerprint density at radius 3 is 1.62 bits per heavy atom. The van der Waals surface area contributed by atoms with Crippen LogP contribution in [0, 0.1) is 0 Å². The van der Waals surface area contributed by atoms with Crippen molar-refractivity contribution in [2.75, 3.05) is 46.2 Å². The lowest BCUT2D eigenvalue weighted by Crippen LogP contribution is -2.64. The lowest BCUT2D eigenvalue weighted by Gasteiger charge is -2.45. The Hall–Kier alpha value is -0.520. The molecule has 0 aromatic rings. The fourth-order valence-electron chi connectivity index (χ4n) is 5.63. The van der Waals surface area contributed by atoms with E-state index in [1.165, 1.54) is 77.0 Å². The zero-order valence-corrected chi connectivity index (χ0v) is 27.2. The van der Waals surface area contributed by atoms with Crippen LogP contribution in [0.1, 0.15) is 96.8 Å². The fraction of sp³-hybridized carbons (Fsp3) is 1.00. The van der Waals surface area contributed by atoms with E-state index in [0.717, 1.165) is 12.8 Å². The Labute approximate surface area is 268 Å². The first-order valence-corrected chi connectivity index (χ1v) is 17.2. The maximum atomic E-state index is 10.6. The van der Waals surface area contributed by atoms with Crippen molar-refractivity contribution in [2.45, 2.75) is 158 Å². The molecule has 13 nitrogen and oxygen atoms in total. The summed E-state index contributed by atoms with van der Waals surface area (Å²) in [7, 11) is 0. The Morgan fingerprint density at radius 1 is 0.489 bits per heavy atom. The molecule has 0 bridgehead atoms. The second-order valence-electron chi connectivity index (χ2n) is 12.2. The van der Waals surface area contributed by atoms with Gasteiger partial charge in [-0.1, -0.05) is 90.4 Å². The first-order valence-electron chi connectivity index (χ1n) is 17.2. The lowest BCUT2D eigenvalue weighted by molar-refractivity contribution is -0.356. The molecule has 7 N–H and O–H groups in total. The minimum Gasteiger partial charge on any atom is -0.394 e. The third-order valence-electron chi connectivity index (χ3n) is 8.43. The predicted molar refractivity (Wildman–Crippen MR) is 164 cm³/mol. The van der Waals surface area contributed by atoms with Gasteiger partial charge in [0, 0.05) is 6.61 Å². The summed E-state index contributed by atoms with van der Waals surface area (Å²) >= 11 is 0. The smallest absolute Gasteiger partial charge is 0.187 e. The molecule has 13 heteroatoms. The van der Waals surface area contributed by atoms with Gasteiger partial charge >= 0.3 is 0 Å². The average molecular weight is 655 g/mol. The van der Waals surface area contributed by atoms with Crippen LogP contribution in [0.4, 0.5) is 0 Å². The Balaban J connectivity index is 1.60. The van der Waals surface area contributed by atoms with Crippen LogP contribution in [-0.2, 0) is 28.4 Å². The van der Waals surface area contributed by atoms with Crippen molar-refractivity contribution in [3.8, 4) is 0 Å². The standard InChI is InChI=1S/C32H62O13/c1-2-3-4-5-6-7-8-9-10-11-12-13-14-15-17-40-19-20-42-22-24-30(27(36)28(37)31(39)43-24)45-32-29(38)26(35)25(34)23(44-32)21-41-18-16-33/h23-39H,2-22H2,1H3. The molecule has 2 rings (SSSR count). The molecule has 0 aromatic carbocycles. The fourth-order valence-corrected chi connectivity index (χ4v) is 5.63. The van der Waals surface area contributed by atoms with Crippen LogP contribution in [0.5, 0.6) is 0 Å². The summed E-state index contributed by atoms with van der Waals surface area (Å²) in [5.41, 5.74) is 0. The molecule has 10 unspecified atom stereocenters. The highest BCUT2D eigenvalue weighted by atomic mass is 16.7. The van der Waals surface area contributed by atoms with Gasteiger partial charge in [-0.05, 0) is 6.42 Å². The number of hydrogen-bond donors (Lipinski definition) is 7. The monoisotopic (exact) mass is 654 g/mol. The van der Waals surface area contributed by atoms with Gasteiger partial charge in [-0.2, -0.15) is 0 Å². The zero-order valence-electron chi connectivity index (χ0n) is 27.2. The van der Waals surface area contributed by atoms with Crippen molar-refractivity contribution < 1.29 is 64.2 Å². The molecular formula is C32H62O13. The molecule has 0 radical (unpaired) electrons. The minimum absolute atomic E-state index is 0.0292. The first-order chi connectivity index (χ1) is 21.8. The normalized spacial score (nSPS) is 32.3. The van der Waals surface area contributed by atoms with E-state index < -0.39 is 61.4 Å². The van der Waals surface area contributed by atoms with Gasteiger partial charge in [0.15, 0.2) is 12.6 Å². The number of aliphatic hydroxyl groups excluding tert-OH is 7. The molecule has 2 aliphatic rings. The van der Waals surface area contributed by atoms with Crippen LogP contribution >= 0.6 is 0 Å². The third kappa shape index (κ3) is 15.5. The number of ether oxygens (including phenoxy) is 6. The molecule has 0 saturated carbocycles. The molecular weight excluding hydrogens is 592 g/mol. The predicted octanol–water partition coefficient (Wildman–Crippen LogP) is 1.14. The first kappa shape index (κ1) is 40.7. The van der Waals surface area contributed by atoms with E-state index in [4.69, 9.17) is 33.5 Å². The van der Waals surface area contributed by atoms with Gasteiger partial charge in [-0.15, -0.1) is 0 Å². The lowest BCUT2D eigenvalue weighted by atomic mass is 9.97. The van der Waals surface area contributed by atoms with Gasteiger partial charge in [0.1, 0.15) is 48.8 Å². The highest BCUT2D eigenvalue weighted by Gasteiger charge is 2.50. The van der Waals surface area contributed by atoms with E-state index in [9.17, 15) is 30.6 Å². The molecule has 10 atom stereocenters. The van der Waals surface area contributed by atoms with Gasteiger partial charge in [0.2, 0.25) is 0 Å². The largest absolute Gasteiger partial charge is 0.394 e. The Kier molecular flexibility index (Phi) is 22.2. The summed E-state index contributed by atoms with van der Waals surface area (Å²) in [5.74, 6) is 0. The van der Waals surface area contributed by atoms with Crippen LogP contribution in [0.2, 0.25) is 0 Å². The second kappa shape index (κ2) is 24.6. The van der Waals surface area contributed by atoms with E-state index in [0.29, 0.717) is 13.2 Å². The van der Waals surface area contributed by atoms with E-state index in [-0.39, 0.29) is 33.0 Å². The van der Waals surface area contributed by atoms with Crippen molar-refractivity contribution in [1.82, 2.24) is 0 Å². The third-order valence-corrected chi connectivity index (χ3v) is 8.43. The number of hydrogen-bond acceptors (Lipinski definition) is 13. The quantitative estimate of drug-likeness (QED) is 0.0657. The summed E-state index contributed by atoms with van der Waals surface area (Å²) in [6.45, 7) is 2.82. The van der Waals surface area contributed by atoms with Gasteiger partial charge in [-0.3, -0.25) is 0 Å². The van der Waals surface area contributed by atoms with Gasteiger partial charge < -0.3 is 64.2 Å². The van der Waals surface area contributed by atoms with Crippen molar-refractivity contribution in [1.29, 1.82) is 0 Å². The van der Waals surface area contributed by atoms with E-state index in [1.54, 1.807) is 0 Å². The minimum atomic E-state index is -1.71. The van der Waals surface area contributed by atoms with Crippen LogP contribution in [0.25, 0.3) is 0 Å². The van der Waals surface area contributed by atoms with Crippen molar-refractivity contribution in [3.05, 3.63) is 0 Å². The highest BCUT2D eigenvalue weighted by molar-refractivity contribution is 4.94. The number of aliphatic hydroxyl groups is 7. The van der Waals surface area contributed by atoms with Crippen molar-refractivity contribution in [3.63, 3.8) is 0 Å². The van der Waals surface area contributed by atoms with Crippen LogP contribution in [0.15, 0.2) is 0 Å². The summed E-state index contributed by atoms with van der Waals surface area (Å²) in [5, 5.41) is 70.7. The maximum absolute atomic E-state index is 10.6. The molecule has 2 heterocycles. The molecule has 0 aromatic heterocycles. The Morgan fingerprint density at radius 2 is 1.02 bits per heavy atom. The van der Waals surface area contributed by atoms with Gasteiger partial charge in [0.05, 0.1) is 39.6 Å². The molecule has 0 aliphatic carbocycles. The summed E-state index contributed by atoms with van der Waals surface area (Å²) in [4.78, 5) is 0. The summed E-state index contributed by atoms with van der Waals surface area (Å²) in [6.07, 6.45) is 3.19. The summed E-state index contributed by atoms with van der Waals surface area (Å²) in [6, 6.07) is 0. The zero-order chi connectivity index (χ0) is 32.9. The van der Waals surface area contributed by atoms with Crippen LogP contribution in [-0.4, -0.2) is 143 Å². The van der Waals surface area contributed by atoms with Gasteiger partial charge in [0.25, 0.3) is 0 Å². The molecule has 2 aliphatic heterocycles. The molecule has 2 fully saturated rings. The van der Waals surface area contributed by atoms with Gasteiger partial charge in [-0.25, -0.2) is 0 Å². The summed E-state index contributed by atoms with van der Waals surface area (Å²) < 4.78 is 33.2. The van der Waals surface area contributed by atoms with Crippen LogP contribution < -0.4 is 0 Å². The maximum Gasteiger partial charge on any atom is 0.187 e. The molecule has 0 spiro atoms. The van der Waals surface area contributed by atoms with E-state index >= 15 is 0 Å². The molecule has 2 saturated heterocycles.